The maximum atomic E-state index is 9.67. The van der Waals surface area contributed by atoms with Crippen molar-refractivity contribution in [2.45, 2.75) is 13.1 Å². The number of aromatic nitrogens is 2. The lowest BCUT2D eigenvalue weighted by Crippen LogP contribution is -2.04. The molecule has 0 aliphatic carbocycles. The minimum Gasteiger partial charge on any atom is -0.504 e. The topological polar surface area (TPSA) is 79.5 Å². The van der Waals surface area contributed by atoms with Gasteiger partial charge in [-0.25, -0.2) is 0 Å². The van der Waals surface area contributed by atoms with Crippen LogP contribution >= 0.6 is 0 Å². The number of phenols is 2. The van der Waals surface area contributed by atoms with Crippen molar-refractivity contribution in [2.24, 2.45) is 0 Å². The molecule has 1 aromatic carbocycles. The van der Waals surface area contributed by atoms with Crippen molar-refractivity contribution >= 4 is 5.69 Å². The molecule has 0 radical (unpaired) electrons. The zero-order valence-corrected chi connectivity index (χ0v) is 10.7. The molecule has 3 N–H and O–H groups in total. The molecule has 0 saturated heterocycles. The first kappa shape index (κ1) is 13.2. The van der Waals surface area contributed by atoms with E-state index >= 15 is 0 Å². The Morgan fingerprint density at radius 1 is 1.37 bits per heavy atom. The van der Waals surface area contributed by atoms with Crippen molar-refractivity contribution in [2.75, 3.05) is 19.0 Å². The number of aromatic hydroxyl groups is 2. The van der Waals surface area contributed by atoms with Crippen molar-refractivity contribution in [3.63, 3.8) is 0 Å². The van der Waals surface area contributed by atoms with Gasteiger partial charge in [-0.2, -0.15) is 5.10 Å². The normalized spacial score (nSPS) is 10.6. The van der Waals surface area contributed by atoms with Crippen LogP contribution in [0, 0.1) is 0 Å². The van der Waals surface area contributed by atoms with Gasteiger partial charge in [0.1, 0.15) is 0 Å². The van der Waals surface area contributed by atoms with Gasteiger partial charge in [0.2, 0.25) is 0 Å². The van der Waals surface area contributed by atoms with Crippen molar-refractivity contribution < 1.29 is 14.9 Å². The molecule has 102 valence electrons. The fourth-order valence-corrected chi connectivity index (χ4v) is 1.68. The van der Waals surface area contributed by atoms with Gasteiger partial charge >= 0.3 is 0 Å². The van der Waals surface area contributed by atoms with Crippen molar-refractivity contribution in [3.05, 3.63) is 36.2 Å². The summed E-state index contributed by atoms with van der Waals surface area (Å²) in [6.45, 7) is 1.71. The fourth-order valence-electron chi connectivity index (χ4n) is 1.68. The van der Waals surface area contributed by atoms with Gasteiger partial charge in [0.25, 0.3) is 0 Å². The largest absolute Gasteiger partial charge is 0.504 e. The molecule has 0 spiro atoms. The van der Waals surface area contributed by atoms with E-state index in [2.05, 4.69) is 10.4 Å². The third-order valence-corrected chi connectivity index (χ3v) is 2.74. The number of benzene rings is 1. The number of methoxy groups -OCH3 is 1. The van der Waals surface area contributed by atoms with E-state index in [0.29, 0.717) is 25.3 Å². The van der Waals surface area contributed by atoms with Crippen LogP contribution in [0.2, 0.25) is 0 Å². The maximum Gasteiger partial charge on any atom is 0.162 e. The molecule has 19 heavy (non-hydrogen) atoms. The van der Waals surface area contributed by atoms with Crippen LogP contribution in [0.4, 0.5) is 5.69 Å². The van der Waals surface area contributed by atoms with Gasteiger partial charge in [-0.1, -0.05) is 12.1 Å². The van der Waals surface area contributed by atoms with Crippen LogP contribution in [0.25, 0.3) is 0 Å². The van der Waals surface area contributed by atoms with Gasteiger partial charge in [-0.15, -0.1) is 0 Å². The number of nitrogens with one attached hydrogen (secondary N) is 1. The standard InChI is InChI=1S/C13H17N3O3/c1-19-6-5-16-9-11(8-15-16)14-7-10-3-2-4-12(17)13(10)18/h2-4,8-9,14,17-18H,5-7H2,1H3. The Bertz CT molecular complexity index is 540. The Morgan fingerprint density at radius 2 is 2.21 bits per heavy atom. The molecule has 6 heteroatoms. The molecule has 2 aromatic rings. The highest BCUT2D eigenvalue weighted by Crippen LogP contribution is 2.28. The Balaban J connectivity index is 1.95. The van der Waals surface area contributed by atoms with E-state index in [1.165, 1.54) is 6.07 Å². The molecule has 1 aromatic heterocycles. The molecule has 0 aliphatic heterocycles. The van der Waals surface area contributed by atoms with E-state index in [1.54, 1.807) is 30.1 Å². The Morgan fingerprint density at radius 3 is 3.00 bits per heavy atom. The summed E-state index contributed by atoms with van der Waals surface area (Å²) in [6, 6.07) is 4.88. The summed E-state index contributed by atoms with van der Waals surface area (Å²) in [5, 5.41) is 26.4. The van der Waals surface area contributed by atoms with Crippen molar-refractivity contribution in [1.29, 1.82) is 0 Å². The first-order valence-corrected chi connectivity index (χ1v) is 5.96. The zero-order valence-electron chi connectivity index (χ0n) is 10.7. The van der Waals surface area contributed by atoms with E-state index < -0.39 is 0 Å². The van der Waals surface area contributed by atoms with Gasteiger partial charge in [-0.3, -0.25) is 4.68 Å². The van der Waals surface area contributed by atoms with Crippen LogP contribution in [-0.4, -0.2) is 33.7 Å². The summed E-state index contributed by atoms with van der Waals surface area (Å²) in [5.41, 5.74) is 1.48. The van der Waals surface area contributed by atoms with Crippen LogP contribution < -0.4 is 5.32 Å². The number of para-hydroxylation sites is 1. The van der Waals surface area contributed by atoms with Crippen LogP contribution in [0.1, 0.15) is 5.56 Å². The monoisotopic (exact) mass is 263 g/mol. The minimum atomic E-state index is -0.116. The van der Waals surface area contributed by atoms with Gasteiger partial charge in [0, 0.05) is 25.4 Å². The van der Waals surface area contributed by atoms with Gasteiger partial charge in [-0.05, 0) is 6.07 Å². The molecule has 0 atom stereocenters. The molecule has 1 heterocycles. The average Bonchev–Trinajstić information content (AvgIpc) is 2.86. The summed E-state index contributed by atoms with van der Waals surface area (Å²) in [7, 11) is 1.65. The minimum absolute atomic E-state index is 0.0956. The number of hydrogen-bond acceptors (Lipinski definition) is 5. The highest BCUT2D eigenvalue weighted by Gasteiger charge is 2.06. The lowest BCUT2D eigenvalue weighted by Gasteiger charge is -2.07. The predicted molar refractivity (Wildman–Crippen MR) is 71.2 cm³/mol. The van der Waals surface area contributed by atoms with Gasteiger partial charge in [0.15, 0.2) is 11.5 Å². The molecule has 0 unspecified atom stereocenters. The molecule has 0 aliphatic rings. The van der Waals surface area contributed by atoms with Crippen LogP contribution in [-0.2, 0) is 17.8 Å². The van der Waals surface area contributed by atoms with E-state index in [0.717, 1.165) is 5.69 Å². The molecule has 0 bridgehead atoms. The lowest BCUT2D eigenvalue weighted by molar-refractivity contribution is 0.183. The van der Waals surface area contributed by atoms with Crippen LogP contribution in [0.5, 0.6) is 11.5 Å². The molecule has 0 amide bonds. The number of ether oxygens (including phenoxy) is 1. The summed E-state index contributed by atoms with van der Waals surface area (Å²) in [6.07, 6.45) is 3.56. The van der Waals surface area contributed by atoms with E-state index in [4.69, 9.17) is 4.74 Å². The van der Waals surface area contributed by atoms with E-state index in [1.807, 2.05) is 6.20 Å². The van der Waals surface area contributed by atoms with Crippen molar-refractivity contribution in [1.82, 2.24) is 9.78 Å². The summed E-state index contributed by atoms with van der Waals surface area (Å²) in [4.78, 5) is 0. The smallest absolute Gasteiger partial charge is 0.162 e. The second-order valence-electron chi connectivity index (χ2n) is 4.12. The second-order valence-corrected chi connectivity index (χ2v) is 4.12. The van der Waals surface area contributed by atoms with Crippen molar-refractivity contribution in [3.8, 4) is 11.5 Å². The molecule has 0 fully saturated rings. The van der Waals surface area contributed by atoms with Gasteiger partial charge < -0.3 is 20.3 Å². The first-order chi connectivity index (χ1) is 9.20. The molecular weight excluding hydrogens is 246 g/mol. The third kappa shape index (κ3) is 3.38. The number of rotatable bonds is 6. The maximum absolute atomic E-state index is 9.67. The number of phenolic OH excluding ortho intramolecular Hbond substituents is 2. The summed E-state index contributed by atoms with van der Waals surface area (Å²) < 4.78 is 6.74. The SMILES string of the molecule is COCCn1cc(NCc2cccc(O)c2O)cn1. The summed E-state index contributed by atoms with van der Waals surface area (Å²) in [5.74, 6) is -0.211. The first-order valence-electron chi connectivity index (χ1n) is 5.96. The summed E-state index contributed by atoms with van der Waals surface area (Å²) >= 11 is 0. The highest BCUT2D eigenvalue weighted by molar-refractivity contribution is 5.47. The molecular formula is C13H17N3O3. The quantitative estimate of drug-likeness (QED) is 0.689. The average molecular weight is 263 g/mol. The number of nitrogens with zero attached hydrogens (tertiary/aromatic N) is 2. The highest BCUT2D eigenvalue weighted by atomic mass is 16.5. The van der Waals surface area contributed by atoms with E-state index in [-0.39, 0.29) is 11.5 Å². The zero-order chi connectivity index (χ0) is 13.7. The second kappa shape index (κ2) is 6.10. The Kier molecular flexibility index (Phi) is 4.25. The Hall–Kier alpha value is -2.21. The molecule has 6 nitrogen and oxygen atoms in total. The van der Waals surface area contributed by atoms with E-state index in [9.17, 15) is 10.2 Å². The molecule has 2 rings (SSSR count). The third-order valence-electron chi connectivity index (χ3n) is 2.74. The molecule has 0 saturated carbocycles. The van der Waals surface area contributed by atoms with Gasteiger partial charge in [0.05, 0.1) is 25.0 Å². The lowest BCUT2D eigenvalue weighted by atomic mass is 10.2. The van der Waals surface area contributed by atoms with Crippen LogP contribution in [0.3, 0.4) is 0 Å². The number of anilines is 1. The Labute approximate surface area is 111 Å². The van der Waals surface area contributed by atoms with Crippen LogP contribution in [0.15, 0.2) is 30.6 Å². The predicted octanol–water partition coefficient (Wildman–Crippen LogP) is 1.55. The fraction of sp³-hybridized carbons (Fsp3) is 0.308. The number of hydrogen-bond donors (Lipinski definition) is 3.